The largest absolute Gasteiger partial charge is 0.497 e. The average molecular weight is 422 g/mol. The van der Waals surface area contributed by atoms with Crippen LogP contribution < -0.4 is 10.1 Å². The number of ether oxygens (including phenoxy) is 1. The summed E-state index contributed by atoms with van der Waals surface area (Å²) in [4.78, 5) is 8.61. The molecule has 9 heteroatoms. The van der Waals surface area contributed by atoms with E-state index >= 15 is 0 Å². The van der Waals surface area contributed by atoms with E-state index < -0.39 is 20.6 Å². The van der Waals surface area contributed by atoms with Gasteiger partial charge in [0.25, 0.3) is 0 Å². The van der Waals surface area contributed by atoms with Crippen molar-refractivity contribution in [2.24, 2.45) is 0 Å². The fourth-order valence-corrected chi connectivity index (χ4v) is 4.44. The van der Waals surface area contributed by atoms with Crippen LogP contribution in [0.2, 0.25) is 0 Å². The van der Waals surface area contributed by atoms with Crippen molar-refractivity contribution in [3.8, 4) is 5.75 Å². The minimum Gasteiger partial charge on any atom is -0.497 e. The second kappa shape index (κ2) is 8.83. The lowest BCUT2D eigenvalue weighted by Gasteiger charge is -2.15. The zero-order valence-corrected chi connectivity index (χ0v) is 17.4. The summed E-state index contributed by atoms with van der Waals surface area (Å²) < 4.78 is 42.0. The van der Waals surface area contributed by atoms with E-state index in [4.69, 9.17) is 4.74 Å². The molecule has 1 aliphatic carbocycles. The van der Waals surface area contributed by atoms with E-state index in [1.807, 2.05) is 0 Å². The predicted molar refractivity (Wildman–Crippen MR) is 109 cm³/mol. The number of nitrogens with zero attached hydrogens (tertiary/aromatic N) is 2. The summed E-state index contributed by atoms with van der Waals surface area (Å²) in [7, 11) is -3.43. The van der Waals surface area contributed by atoms with Gasteiger partial charge in [-0.05, 0) is 43.2 Å². The van der Waals surface area contributed by atoms with Crippen LogP contribution in [0.4, 0.5) is 5.82 Å². The molecular formula is C19H23N3O4S2. The van der Waals surface area contributed by atoms with Crippen molar-refractivity contribution >= 4 is 32.5 Å². The lowest BCUT2D eigenvalue weighted by molar-refractivity contribution is 0.414. The molecular weight excluding hydrogens is 398 g/mol. The zero-order chi connectivity index (χ0) is 20.1. The van der Waals surface area contributed by atoms with E-state index in [0.717, 1.165) is 31.1 Å². The van der Waals surface area contributed by atoms with Gasteiger partial charge in [0.05, 0.1) is 22.8 Å². The molecule has 1 N–H and O–H groups in total. The Labute approximate surface area is 167 Å². The molecule has 1 aliphatic rings. The Morgan fingerprint density at radius 3 is 2.50 bits per heavy atom. The molecule has 2 aromatic rings. The van der Waals surface area contributed by atoms with Gasteiger partial charge in [0.15, 0.2) is 9.84 Å². The van der Waals surface area contributed by atoms with Gasteiger partial charge in [-0.25, -0.2) is 18.4 Å². The van der Waals surface area contributed by atoms with Crippen LogP contribution in [0.25, 0.3) is 6.08 Å². The molecule has 1 saturated carbocycles. The van der Waals surface area contributed by atoms with Crippen LogP contribution in [0.3, 0.4) is 0 Å². The van der Waals surface area contributed by atoms with Crippen molar-refractivity contribution < 1.29 is 17.4 Å². The van der Waals surface area contributed by atoms with E-state index in [2.05, 4.69) is 15.3 Å². The van der Waals surface area contributed by atoms with Crippen LogP contribution in [-0.2, 0) is 20.6 Å². The smallest absolute Gasteiger partial charge is 0.220 e. The van der Waals surface area contributed by atoms with Gasteiger partial charge < -0.3 is 10.1 Å². The molecule has 3 rings (SSSR count). The summed E-state index contributed by atoms with van der Waals surface area (Å²) in [5.74, 6) is 1.09. The summed E-state index contributed by atoms with van der Waals surface area (Å²) in [5.41, 5.74) is 0.540. The van der Waals surface area contributed by atoms with Crippen molar-refractivity contribution in [1.29, 1.82) is 0 Å². The first kappa shape index (κ1) is 20.5. The molecule has 1 unspecified atom stereocenters. The first-order valence-corrected chi connectivity index (χ1v) is 12.0. The van der Waals surface area contributed by atoms with Crippen LogP contribution in [0.5, 0.6) is 5.75 Å². The highest BCUT2D eigenvalue weighted by molar-refractivity contribution is 7.94. The Hall–Kier alpha value is -2.26. The minimum absolute atomic E-state index is 0.169. The number of aromatic nitrogens is 2. The maximum absolute atomic E-state index is 12.6. The average Bonchev–Trinajstić information content (AvgIpc) is 3.20. The van der Waals surface area contributed by atoms with Gasteiger partial charge in [0.2, 0.25) is 5.16 Å². The Balaban J connectivity index is 1.89. The Morgan fingerprint density at radius 1 is 1.21 bits per heavy atom. The van der Waals surface area contributed by atoms with Crippen LogP contribution in [0, 0.1) is 0 Å². The molecule has 1 aromatic heterocycles. The van der Waals surface area contributed by atoms with Gasteiger partial charge in [-0.2, -0.15) is 0 Å². The molecule has 28 heavy (non-hydrogen) atoms. The molecule has 1 heterocycles. The van der Waals surface area contributed by atoms with Crippen LogP contribution in [-0.4, -0.2) is 42.0 Å². The van der Waals surface area contributed by atoms with E-state index in [1.54, 1.807) is 12.1 Å². The molecule has 150 valence electrons. The quantitative estimate of drug-likeness (QED) is 0.686. The number of rotatable bonds is 7. The second-order valence-corrected chi connectivity index (χ2v) is 9.67. The van der Waals surface area contributed by atoms with Crippen LogP contribution in [0.1, 0.15) is 31.2 Å². The fourth-order valence-electron chi connectivity index (χ4n) is 3.02. The number of benzene rings is 1. The standard InChI is InChI=1S/C19H23N3O4S2/c1-26-16-7-9-17(10-8-16)28(24,25)12-11-14-13-20-19(27(2)23)22-18(14)21-15-5-3-4-6-15/h7-13,15H,3-6H2,1-2H3,(H,20,21,22)/b12-11+. The highest BCUT2D eigenvalue weighted by Gasteiger charge is 2.18. The molecule has 1 atom stereocenters. The number of hydrogen-bond donors (Lipinski definition) is 1. The number of methoxy groups -OCH3 is 1. The van der Waals surface area contributed by atoms with Gasteiger partial charge in [0.1, 0.15) is 11.6 Å². The van der Waals surface area contributed by atoms with Crippen molar-refractivity contribution in [3.63, 3.8) is 0 Å². The number of sulfone groups is 1. The SMILES string of the molecule is COc1ccc(S(=O)(=O)/C=C/c2cnc(S(C)=O)nc2NC2CCCC2)cc1. The number of hydrogen-bond acceptors (Lipinski definition) is 7. The van der Waals surface area contributed by atoms with E-state index in [1.165, 1.54) is 37.8 Å². The lowest BCUT2D eigenvalue weighted by atomic mass is 10.2. The first-order valence-electron chi connectivity index (χ1n) is 8.93. The number of nitrogens with one attached hydrogen (secondary N) is 1. The van der Waals surface area contributed by atoms with Gasteiger partial charge >= 0.3 is 0 Å². The van der Waals surface area contributed by atoms with Crippen LogP contribution in [0.15, 0.2) is 45.9 Å². The highest BCUT2D eigenvalue weighted by Crippen LogP contribution is 2.25. The van der Waals surface area contributed by atoms with Crippen molar-refractivity contribution in [2.45, 2.75) is 41.8 Å². The molecule has 0 spiro atoms. The summed E-state index contributed by atoms with van der Waals surface area (Å²) >= 11 is 0. The third-order valence-corrected chi connectivity index (χ3v) is 6.70. The van der Waals surface area contributed by atoms with Crippen molar-refractivity contribution in [1.82, 2.24) is 9.97 Å². The van der Waals surface area contributed by atoms with E-state index in [-0.39, 0.29) is 16.1 Å². The Bertz CT molecular complexity index is 983. The van der Waals surface area contributed by atoms with Crippen molar-refractivity contribution in [2.75, 3.05) is 18.7 Å². The Morgan fingerprint density at radius 2 is 1.89 bits per heavy atom. The normalized spacial score (nSPS) is 16.4. The maximum Gasteiger partial charge on any atom is 0.220 e. The van der Waals surface area contributed by atoms with Crippen LogP contribution >= 0.6 is 0 Å². The predicted octanol–water partition coefficient (Wildman–Crippen LogP) is 3.02. The van der Waals surface area contributed by atoms with Gasteiger partial charge in [-0.15, -0.1) is 0 Å². The molecule has 0 aliphatic heterocycles. The van der Waals surface area contributed by atoms with Gasteiger partial charge in [-0.1, -0.05) is 12.8 Å². The summed E-state index contributed by atoms with van der Waals surface area (Å²) in [6.07, 6.45) is 8.83. The third-order valence-electron chi connectivity index (χ3n) is 4.56. The second-order valence-electron chi connectivity index (χ2n) is 6.56. The van der Waals surface area contributed by atoms with E-state index in [9.17, 15) is 12.6 Å². The monoisotopic (exact) mass is 421 g/mol. The molecule has 0 saturated heterocycles. The topological polar surface area (TPSA) is 98.3 Å². The highest BCUT2D eigenvalue weighted by atomic mass is 32.2. The maximum atomic E-state index is 12.6. The van der Waals surface area contributed by atoms with Crippen molar-refractivity contribution in [3.05, 3.63) is 41.4 Å². The number of anilines is 1. The summed E-state index contributed by atoms with van der Waals surface area (Å²) in [6, 6.07) is 6.47. The fraction of sp³-hybridized carbons (Fsp3) is 0.368. The molecule has 7 nitrogen and oxygen atoms in total. The van der Waals surface area contributed by atoms with Gasteiger partial charge in [0, 0.05) is 29.5 Å². The molecule has 0 bridgehead atoms. The lowest BCUT2D eigenvalue weighted by Crippen LogP contribution is -2.17. The minimum atomic E-state index is -3.63. The zero-order valence-electron chi connectivity index (χ0n) is 15.8. The summed E-state index contributed by atoms with van der Waals surface area (Å²) in [6.45, 7) is 0. The molecule has 0 radical (unpaired) electrons. The van der Waals surface area contributed by atoms with Gasteiger partial charge in [-0.3, -0.25) is 4.21 Å². The third kappa shape index (κ3) is 4.96. The Kier molecular flexibility index (Phi) is 6.46. The molecule has 0 amide bonds. The molecule has 1 aromatic carbocycles. The summed E-state index contributed by atoms with van der Waals surface area (Å²) in [5, 5.41) is 4.70. The van der Waals surface area contributed by atoms with E-state index in [0.29, 0.717) is 17.1 Å². The first-order chi connectivity index (χ1) is 13.4. The molecule has 1 fully saturated rings.